The summed E-state index contributed by atoms with van der Waals surface area (Å²) in [5.41, 5.74) is 0.719. The summed E-state index contributed by atoms with van der Waals surface area (Å²) in [5, 5.41) is 18.2. The molecule has 3 fully saturated rings. The molecule has 3 N–H and O–H groups in total. The third kappa shape index (κ3) is 9.62. The van der Waals surface area contributed by atoms with Crippen molar-refractivity contribution in [3.8, 4) is 0 Å². The molecule has 0 aromatic heterocycles. The quantitative estimate of drug-likeness (QED) is 0.340. The summed E-state index contributed by atoms with van der Waals surface area (Å²) in [6.45, 7) is 11.6. The molecule has 230 valence electrons. The zero-order chi connectivity index (χ0) is 29.6. The number of ether oxygens (including phenoxy) is 1. The second-order valence-corrected chi connectivity index (χ2v) is 15.4. The number of fused-ring (bicyclic) bond motifs is 1. The Bertz CT molecular complexity index is 984. The molecule has 0 unspecified atom stereocenters. The van der Waals surface area contributed by atoms with E-state index in [2.05, 4.69) is 29.4 Å². The molecule has 7 atom stereocenters. The van der Waals surface area contributed by atoms with E-state index in [9.17, 15) is 14.7 Å². The van der Waals surface area contributed by atoms with Crippen LogP contribution in [0, 0.1) is 17.8 Å². The van der Waals surface area contributed by atoms with Gasteiger partial charge in [-0.05, 0) is 81.9 Å². The van der Waals surface area contributed by atoms with Crippen LogP contribution in [0.3, 0.4) is 0 Å². The number of benzene rings is 1. The lowest BCUT2D eigenvalue weighted by Crippen LogP contribution is -2.60. The number of carbonyl (C=O) groups is 2. The van der Waals surface area contributed by atoms with E-state index in [-0.39, 0.29) is 23.6 Å². The van der Waals surface area contributed by atoms with Crippen LogP contribution in [0.4, 0.5) is 4.79 Å². The van der Waals surface area contributed by atoms with Gasteiger partial charge < -0.3 is 20.5 Å². The number of likely N-dealkylation sites (tertiary alicyclic amines) is 1. The number of alkyl carbamates (subject to hydrolysis) is 1. The van der Waals surface area contributed by atoms with Crippen LogP contribution in [-0.4, -0.2) is 75.9 Å². The maximum absolute atomic E-state index is 13.5. The van der Waals surface area contributed by atoms with E-state index in [4.69, 9.17) is 4.74 Å². The van der Waals surface area contributed by atoms with Gasteiger partial charge in [0.05, 0.1) is 18.2 Å². The topological polar surface area (TPSA) is 90.9 Å². The first-order chi connectivity index (χ1) is 19.5. The molecule has 1 saturated carbocycles. The van der Waals surface area contributed by atoms with Crippen LogP contribution in [0.15, 0.2) is 30.3 Å². The second-order valence-electron chi connectivity index (χ2n) is 14.0. The predicted octanol–water partition coefficient (Wildman–Crippen LogP) is 5.40. The Morgan fingerprint density at radius 1 is 1.10 bits per heavy atom. The maximum Gasteiger partial charge on any atom is 0.407 e. The summed E-state index contributed by atoms with van der Waals surface area (Å²) in [7, 11) is 0. The van der Waals surface area contributed by atoms with Crippen LogP contribution >= 0.6 is 11.8 Å². The van der Waals surface area contributed by atoms with Crippen molar-refractivity contribution in [3.05, 3.63) is 35.9 Å². The van der Waals surface area contributed by atoms with Crippen molar-refractivity contribution < 1.29 is 19.4 Å². The molecule has 2 heterocycles. The molecule has 1 aromatic rings. The van der Waals surface area contributed by atoms with Gasteiger partial charge in [0.2, 0.25) is 5.91 Å². The van der Waals surface area contributed by atoms with Crippen molar-refractivity contribution in [1.82, 2.24) is 15.5 Å². The molecule has 2 amide bonds. The Morgan fingerprint density at radius 2 is 1.80 bits per heavy atom. The molecule has 0 radical (unpaired) electrons. The van der Waals surface area contributed by atoms with Crippen LogP contribution in [0.25, 0.3) is 0 Å². The summed E-state index contributed by atoms with van der Waals surface area (Å²) in [6.07, 6.45) is 6.62. The minimum absolute atomic E-state index is 0.0376. The lowest BCUT2D eigenvalue weighted by atomic mass is 9.72. The molecule has 4 rings (SSSR count). The van der Waals surface area contributed by atoms with Crippen LogP contribution in [0.2, 0.25) is 0 Å². The Labute approximate surface area is 251 Å². The SMILES string of the molecule is CC(C)C[C@H]1SCC[C@H]1OC(=O)N[C@@H](Cc1ccccc1)[C@H](O)CN1C[C@H]2CCCC[C@H]2C[C@H]1C(=O)NC(C)(C)C. The smallest absolute Gasteiger partial charge is 0.407 e. The van der Waals surface area contributed by atoms with E-state index < -0.39 is 18.2 Å². The highest BCUT2D eigenvalue weighted by Crippen LogP contribution is 2.39. The van der Waals surface area contributed by atoms with Gasteiger partial charge in [-0.15, -0.1) is 0 Å². The van der Waals surface area contributed by atoms with Gasteiger partial charge >= 0.3 is 6.09 Å². The van der Waals surface area contributed by atoms with Crippen LogP contribution in [0.1, 0.15) is 85.1 Å². The van der Waals surface area contributed by atoms with Crippen molar-refractivity contribution in [2.24, 2.45) is 17.8 Å². The van der Waals surface area contributed by atoms with Crippen molar-refractivity contribution in [2.45, 2.75) is 121 Å². The van der Waals surface area contributed by atoms with Gasteiger partial charge in [0, 0.05) is 23.9 Å². The highest BCUT2D eigenvalue weighted by atomic mass is 32.2. The molecule has 2 aliphatic heterocycles. The molecular formula is C33H53N3O4S. The standard InChI is InChI=1S/C33H53N3O4S/c1-22(2)17-30-29(15-16-41-30)40-32(39)34-26(18-23-11-7-6-8-12-23)28(37)21-36-20-25-14-10-9-13-24(25)19-27(36)31(38)35-33(3,4)5/h6-8,11-12,22,24-30,37H,9-10,13-21H2,1-5H3,(H,34,39)(H,35,38)/t24-,25+,26-,27-,28+,29+,30+/m0/s1. The van der Waals surface area contributed by atoms with E-state index in [0.29, 0.717) is 36.0 Å². The number of nitrogens with one attached hydrogen (secondary N) is 2. The Morgan fingerprint density at radius 3 is 2.49 bits per heavy atom. The molecule has 8 heteroatoms. The number of β-amino-alcohol motifs (C(OH)–C–C–N with tert-alkyl or cyclic N) is 1. The number of piperidine rings is 1. The number of hydrogen-bond acceptors (Lipinski definition) is 6. The van der Waals surface area contributed by atoms with Crippen molar-refractivity contribution in [2.75, 3.05) is 18.8 Å². The molecule has 41 heavy (non-hydrogen) atoms. The predicted molar refractivity (Wildman–Crippen MR) is 167 cm³/mol. The Balaban J connectivity index is 1.47. The number of aliphatic hydroxyl groups excluding tert-OH is 1. The first-order valence-corrected chi connectivity index (χ1v) is 16.9. The van der Waals surface area contributed by atoms with Gasteiger partial charge in [0.1, 0.15) is 6.10 Å². The third-order valence-corrected chi connectivity index (χ3v) is 10.3. The molecule has 1 aromatic carbocycles. The fourth-order valence-electron chi connectivity index (χ4n) is 6.92. The summed E-state index contributed by atoms with van der Waals surface area (Å²) in [5.74, 6) is 2.70. The molecule has 2 saturated heterocycles. The van der Waals surface area contributed by atoms with E-state index in [1.54, 1.807) is 0 Å². The Hall–Kier alpha value is -1.77. The highest BCUT2D eigenvalue weighted by molar-refractivity contribution is 8.00. The first kappa shape index (κ1) is 32.2. The fourth-order valence-corrected chi connectivity index (χ4v) is 8.52. The van der Waals surface area contributed by atoms with Crippen molar-refractivity contribution in [3.63, 3.8) is 0 Å². The Kier molecular flexibility index (Phi) is 11.5. The minimum atomic E-state index is -0.850. The largest absolute Gasteiger partial charge is 0.445 e. The lowest BCUT2D eigenvalue weighted by Gasteiger charge is -2.47. The average Bonchev–Trinajstić information content (AvgIpc) is 3.32. The van der Waals surface area contributed by atoms with Crippen molar-refractivity contribution in [1.29, 1.82) is 0 Å². The van der Waals surface area contributed by atoms with Crippen molar-refractivity contribution >= 4 is 23.8 Å². The van der Waals surface area contributed by atoms with E-state index >= 15 is 0 Å². The van der Waals surface area contributed by atoms with Crippen LogP contribution < -0.4 is 10.6 Å². The number of hydrogen-bond donors (Lipinski definition) is 3. The first-order valence-electron chi connectivity index (χ1n) is 15.9. The number of nitrogens with zero attached hydrogens (tertiary/aromatic N) is 1. The number of carbonyl (C=O) groups excluding carboxylic acids is 2. The molecular weight excluding hydrogens is 534 g/mol. The normalized spacial score (nSPS) is 28.5. The van der Waals surface area contributed by atoms with E-state index in [1.165, 1.54) is 25.7 Å². The van der Waals surface area contributed by atoms with Gasteiger partial charge in [0.15, 0.2) is 0 Å². The van der Waals surface area contributed by atoms with E-state index in [1.807, 2.05) is 62.9 Å². The highest BCUT2D eigenvalue weighted by Gasteiger charge is 2.42. The van der Waals surface area contributed by atoms with Gasteiger partial charge in [-0.3, -0.25) is 9.69 Å². The van der Waals surface area contributed by atoms with Gasteiger partial charge in [-0.25, -0.2) is 4.79 Å². The van der Waals surface area contributed by atoms with Crippen LogP contribution in [-0.2, 0) is 16.0 Å². The number of amides is 2. The summed E-state index contributed by atoms with van der Waals surface area (Å²) < 4.78 is 5.96. The fraction of sp³-hybridized carbons (Fsp3) is 0.758. The zero-order valence-electron chi connectivity index (χ0n) is 25.8. The second kappa shape index (κ2) is 14.6. The molecule has 0 spiro atoms. The lowest BCUT2D eigenvalue weighted by molar-refractivity contribution is -0.132. The summed E-state index contributed by atoms with van der Waals surface area (Å²) in [6, 6.07) is 9.15. The van der Waals surface area contributed by atoms with Crippen LogP contribution in [0.5, 0.6) is 0 Å². The van der Waals surface area contributed by atoms with Gasteiger partial charge in [0.25, 0.3) is 0 Å². The number of rotatable bonds is 10. The van der Waals surface area contributed by atoms with Gasteiger partial charge in [-0.2, -0.15) is 11.8 Å². The number of thioether (sulfide) groups is 1. The zero-order valence-corrected chi connectivity index (χ0v) is 26.6. The third-order valence-electron chi connectivity index (χ3n) is 8.90. The summed E-state index contributed by atoms with van der Waals surface area (Å²) in [4.78, 5) is 28.9. The maximum atomic E-state index is 13.5. The van der Waals surface area contributed by atoms with E-state index in [0.717, 1.165) is 37.1 Å². The van der Waals surface area contributed by atoms with Gasteiger partial charge in [-0.1, -0.05) is 63.4 Å². The number of aliphatic hydroxyl groups is 1. The minimum Gasteiger partial charge on any atom is -0.445 e. The summed E-state index contributed by atoms with van der Waals surface area (Å²) >= 11 is 1.89. The molecule has 7 nitrogen and oxygen atoms in total. The monoisotopic (exact) mass is 587 g/mol. The average molecular weight is 588 g/mol. The molecule has 3 aliphatic rings. The molecule has 0 bridgehead atoms. The molecule has 1 aliphatic carbocycles.